The first-order valence-electron chi connectivity index (χ1n) is 4.08. The van der Waals surface area contributed by atoms with E-state index in [9.17, 15) is 0 Å². The minimum atomic E-state index is 0.935. The highest BCUT2D eigenvalue weighted by Gasteiger charge is 1.84. The van der Waals surface area contributed by atoms with E-state index in [1.165, 1.54) is 5.56 Å². The van der Waals surface area contributed by atoms with Crippen molar-refractivity contribution in [3.05, 3.63) is 35.9 Å². The van der Waals surface area contributed by atoms with E-state index < -0.39 is 0 Å². The Morgan fingerprint density at radius 2 is 1.64 bits per heavy atom. The second kappa shape index (κ2) is 7.67. The van der Waals surface area contributed by atoms with Crippen LogP contribution in [0.4, 0.5) is 0 Å². The van der Waals surface area contributed by atoms with E-state index in [2.05, 4.69) is 36.9 Å². The van der Waals surface area contributed by atoms with Gasteiger partial charge in [0.05, 0.1) is 0 Å². The van der Waals surface area contributed by atoms with E-state index in [1.807, 2.05) is 19.9 Å². The fourth-order valence-electron chi connectivity index (χ4n) is 0.774. The van der Waals surface area contributed by atoms with Gasteiger partial charge in [-0.25, -0.2) is 0 Å². The topological polar surface area (TPSA) is 0 Å². The first-order valence-corrected chi connectivity index (χ1v) is 4.71. The Morgan fingerprint density at radius 1 is 1.09 bits per heavy atom. The number of hydrogen-bond donors (Lipinski definition) is 1. The van der Waals surface area contributed by atoms with Gasteiger partial charge in [0.15, 0.2) is 0 Å². The smallest absolute Gasteiger partial charge is 0.00574 e. The molecule has 0 radical (unpaired) electrons. The summed E-state index contributed by atoms with van der Waals surface area (Å²) >= 11 is 4.13. The van der Waals surface area contributed by atoms with Crippen LogP contribution in [0.1, 0.15) is 19.4 Å². The van der Waals surface area contributed by atoms with Crippen molar-refractivity contribution in [2.24, 2.45) is 0 Å². The van der Waals surface area contributed by atoms with Gasteiger partial charge in [0.1, 0.15) is 0 Å². The molecule has 0 saturated heterocycles. The molecule has 62 valence electrons. The van der Waals surface area contributed by atoms with Crippen molar-refractivity contribution in [1.82, 2.24) is 0 Å². The fourth-order valence-corrected chi connectivity index (χ4v) is 1.03. The highest BCUT2D eigenvalue weighted by molar-refractivity contribution is 7.80. The van der Waals surface area contributed by atoms with Crippen LogP contribution in [0.15, 0.2) is 30.3 Å². The molecule has 1 aromatic rings. The molecule has 0 heterocycles. The van der Waals surface area contributed by atoms with E-state index in [-0.39, 0.29) is 0 Å². The summed E-state index contributed by atoms with van der Waals surface area (Å²) < 4.78 is 0. The van der Waals surface area contributed by atoms with Crippen LogP contribution in [0.5, 0.6) is 0 Å². The summed E-state index contributed by atoms with van der Waals surface area (Å²) in [4.78, 5) is 0. The van der Waals surface area contributed by atoms with Gasteiger partial charge in [-0.3, -0.25) is 0 Å². The van der Waals surface area contributed by atoms with E-state index in [4.69, 9.17) is 0 Å². The lowest BCUT2D eigenvalue weighted by Gasteiger charge is -1.93. The first-order chi connectivity index (χ1) is 5.43. The second-order valence-corrected chi connectivity index (χ2v) is 2.41. The van der Waals surface area contributed by atoms with Crippen molar-refractivity contribution in [3.63, 3.8) is 0 Å². The van der Waals surface area contributed by atoms with Crippen LogP contribution in [0.2, 0.25) is 0 Å². The fraction of sp³-hybridized carbons (Fsp3) is 0.400. The maximum atomic E-state index is 4.13. The molecule has 0 amide bonds. The van der Waals surface area contributed by atoms with Gasteiger partial charge in [0, 0.05) is 0 Å². The average Bonchev–Trinajstić information content (AvgIpc) is 2.11. The lowest BCUT2D eigenvalue weighted by atomic mass is 10.2. The van der Waals surface area contributed by atoms with Gasteiger partial charge in [0.2, 0.25) is 0 Å². The van der Waals surface area contributed by atoms with Crippen molar-refractivity contribution in [2.75, 3.05) is 5.75 Å². The van der Waals surface area contributed by atoms with E-state index in [0.29, 0.717) is 0 Å². The second-order valence-electron chi connectivity index (χ2n) is 1.96. The largest absolute Gasteiger partial charge is 0.179 e. The molecule has 0 atom stereocenters. The van der Waals surface area contributed by atoms with Gasteiger partial charge >= 0.3 is 0 Å². The zero-order valence-electron chi connectivity index (χ0n) is 7.25. The van der Waals surface area contributed by atoms with Crippen LogP contribution in [0.3, 0.4) is 0 Å². The zero-order valence-corrected chi connectivity index (χ0v) is 8.14. The molecular formula is C10H16S. The van der Waals surface area contributed by atoms with E-state index >= 15 is 0 Å². The van der Waals surface area contributed by atoms with Gasteiger partial charge in [-0.1, -0.05) is 44.2 Å². The van der Waals surface area contributed by atoms with E-state index in [0.717, 1.165) is 12.2 Å². The number of benzene rings is 1. The molecule has 0 nitrogen and oxygen atoms in total. The summed E-state index contributed by atoms with van der Waals surface area (Å²) in [5, 5.41) is 0. The summed E-state index contributed by atoms with van der Waals surface area (Å²) in [6.07, 6.45) is 1.07. The lowest BCUT2D eigenvalue weighted by Crippen LogP contribution is -1.82. The van der Waals surface area contributed by atoms with Crippen LogP contribution < -0.4 is 0 Å². The van der Waals surface area contributed by atoms with Crippen LogP contribution in [0.25, 0.3) is 0 Å². The summed E-state index contributed by atoms with van der Waals surface area (Å²) in [5.74, 6) is 0.935. The minimum Gasteiger partial charge on any atom is -0.179 e. The molecule has 0 aromatic heterocycles. The summed E-state index contributed by atoms with van der Waals surface area (Å²) in [6.45, 7) is 4.00. The summed E-state index contributed by atoms with van der Waals surface area (Å²) in [5.41, 5.74) is 1.37. The normalized spacial score (nSPS) is 8.27. The van der Waals surface area contributed by atoms with Crippen molar-refractivity contribution >= 4 is 12.6 Å². The third-order valence-electron chi connectivity index (χ3n) is 1.24. The van der Waals surface area contributed by atoms with Crippen LogP contribution in [0, 0.1) is 0 Å². The molecule has 0 spiro atoms. The maximum absolute atomic E-state index is 4.13. The first kappa shape index (κ1) is 10.6. The standard InChI is InChI=1S/C8H10S.C2H6/c9-7-6-8-4-2-1-3-5-8;1-2/h1-5,9H,6-7H2;1-2H3. The highest BCUT2D eigenvalue weighted by atomic mass is 32.1. The van der Waals surface area contributed by atoms with Crippen molar-refractivity contribution in [1.29, 1.82) is 0 Å². The van der Waals surface area contributed by atoms with Gasteiger partial charge in [-0.05, 0) is 17.7 Å². The molecule has 0 aliphatic rings. The van der Waals surface area contributed by atoms with Crippen molar-refractivity contribution in [2.45, 2.75) is 20.3 Å². The molecule has 1 rings (SSSR count). The predicted molar refractivity (Wildman–Crippen MR) is 55.3 cm³/mol. The number of aryl methyl sites for hydroxylation is 1. The molecule has 0 fully saturated rings. The maximum Gasteiger partial charge on any atom is -0.00574 e. The molecule has 0 saturated carbocycles. The molecule has 0 aliphatic carbocycles. The molecule has 0 N–H and O–H groups in total. The highest BCUT2D eigenvalue weighted by Crippen LogP contribution is 1.99. The minimum absolute atomic E-state index is 0.935. The lowest BCUT2D eigenvalue weighted by molar-refractivity contribution is 1.16. The number of thiol groups is 1. The van der Waals surface area contributed by atoms with Crippen LogP contribution in [-0.4, -0.2) is 5.75 Å². The van der Waals surface area contributed by atoms with E-state index in [1.54, 1.807) is 0 Å². The third kappa shape index (κ3) is 4.91. The van der Waals surface area contributed by atoms with Gasteiger partial charge in [-0.2, -0.15) is 12.6 Å². The Bertz CT molecular complexity index is 158. The molecule has 0 bridgehead atoms. The Hall–Kier alpha value is -0.430. The molecular weight excluding hydrogens is 152 g/mol. The monoisotopic (exact) mass is 168 g/mol. The van der Waals surface area contributed by atoms with Gasteiger partial charge in [0.25, 0.3) is 0 Å². The molecule has 1 heteroatoms. The van der Waals surface area contributed by atoms with Crippen molar-refractivity contribution in [3.8, 4) is 0 Å². The number of rotatable bonds is 2. The summed E-state index contributed by atoms with van der Waals surface area (Å²) in [6, 6.07) is 10.4. The quantitative estimate of drug-likeness (QED) is 0.644. The molecule has 0 unspecified atom stereocenters. The predicted octanol–water partition coefficient (Wildman–Crippen LogP) is 3.19. The summed E-state index contributed by atoms with van der Waals surface area (Å²) in [7, 11) is 0. The average molecular weight is 168 g/mol. The Morgan fingerprint density at radius 3 is 2.09 bits per heavy atom. The SMILES string of the molecule is CC.SCCc1ccccc1. The Kier molecular flexibility index (Phi) is 7.37. The molecule has 11 heavy (non-hydrogen) atoms. The number of hydrogen-bond acceptors (Lipinski definition) is 1. The van der Waals surface area contributed by atoms with Gasteiger partial charge in [-0.15, -0.1) is 0 Å². The molecule has 0 aliphatic heterocycles. The Labute approximate surface area is 75.1 Å². The van der Waals surface area contributed by atoms with Crippen LogP contribution >= 0.6 is 12.6 Å². The van der Waals surface area contributed by atoms with Gasteiger partial charge < -0.3 is 0 Å². The third-order valence-corrected chi connectivity index (χ3v) is 1.47. The Balaban J connectivity index is 0.000000461. The molecule has 1 aromatic carbocycles. The zero-order chi connectivity index (χ0) is 8.53. The van der Waals surface area contributed by atoms with Crippen LogP contribution in [-0.2, 0) is 6.42 Å². The van der Waals surface area contributed by atoms with Crippen molar-refractivity contribution < 1.29 is 0 Å².